The number of nitrogens with zero attached hydrogens (tertiary/aromatic N) is 2. The Hall–Kier alpha value is -0.520. The second-order valence-corrected chi connectivity index (χ2v) is 3.18. The molecule has 0 bridgehead atoms. The lowest BCUT2D eigenvalue weighted by Crippen LogP contribution is -2.29. The van der Waals surface area contributed by atoms with Gasteiger partial charge in [-0.25, -0.2) is 0 Å². The van der Waals surface area contributed by atoms with Crippen molar-refractivity contribution in [3.8, 4) is 6.07 Å². The summed E-state index contributed by atoms with van der Waals surface area (Å²) in [6.45, 7) is 6.21. The third-order valence-corrected chi connectivity index (χ3v) is 1.68. The highest BCUT2D eigenvalue weighted by molar-refractivity contribution is 6.29. The van der Waals surface area contributed by atoms with E-state index in [1.54, 1.807) is 0 Å². The molecule has 1 unspecified atom stereocenters. The van der Waals surface area contributed by atoms with Gasteiger partial charge in [0.05, 0.1) is 12.5 Å². The predicted molar refractivity (Wildman–Crippen MR) is 47.3 cm³/mol. The fraction of sp³-hybridized carbons (Fsp3) is 0.625. The van der Waals surface area contributed by atoms with Gasteiger partial charge in [0.2, 0.25) is 0 Å². The first-order valence-corrected chi connectivity index (χ1v) is 3.86. The van der Waals surface area contributed by atoms with E-state index in [1.807, 2.05) is 18.9 Å². The fourth-order valence-corrected chi connectivity index (χ4v) is 0.903. The standard InChI is InChI=1S/C8H13ClN2/c1-7(9)6-11(3)8(2)4-5-10/h8H,1,4,6H2,2-3H3. The van der Waals surface area contributed by atoms with Crippen LogP contribution in [0.15, 0.2) is 11.6 Å². The van der Waals surface area contributed by atoms with Crippen molar-refractivity contribution in [1.82, 2.24) is 4.90 Å². The largest absolute Gasteiger partial charge is 0.298 e. The topological polar surface area (TPSA) is 27.0 Å². The Labute approximate surface area is 73.1 Å². The van der Waals surface area contributed by atoms with E-state index in [-0.39, 0.29) is 6.04 Å². The molecule has 0 aliphatic heterocycles. The van der Waals surface area contributed by atoms with Crippen LogP contribution in [-0.4, -0.2) is 24.5 Å². The number of nitriles is 1. The molecule has 0 aliphatic rings. The molecule has 0 aromatic carbocycles. The van der Waals surface area contributed by atoms with Gasteiger partial charge in [-0.1, -0.05) is 18.2 Å². The highest BCUT2D eigenvalue weighted by Gasteiger charge is 2.07. The number of hydrogen-bond acceptors (Lipinski definition) is 2. The fourth-order valence-electron chi connectivity index (χ4n) is 0.714. The van der Waals surface area contributed by atoms with E-state index in [2.05, 4.69) is 12.6 Å². The quantitative estimate of drug-likeness (QED) is 0.649. The summed E-state index contributed by atoms with van der Waals surface area (Å²) in [5.41, 5.74) is 0. The van der Waals surface area contributed by atoms with Crippen LogP contribution in [-0.2, 0) is 0 Å². The molecule has 0 N–H and O–H groups in total. The van der Waals surface area contributed by atoms with E-state index < -0.39 is 0 Å². The van der Waals surface area contributed by atoms with Crippen molar-refractivity contribution in [3.05, 3.63) is 11.6 Å². The van der Waals surface area contributed by atoms with Crippen LogP contribution in [0, 0.1) is 11.3 Å². The van der Waals surface area contributed by atoms with Gasteiger partial charge in [0, 0.05) is 17.6 Å². The van der Waals surface area contributed by atoms with E-state index >= 15 is 0 Å². The monoisotopic (exact) mass is 172 g/mol. The smallest absolute Gasteiger partial charge is 0.0638 e. The lowest BCUT2D eigenvalue weighted by molar-refractivity contribution is 0.286. The zero-order chi connectivity index (χ0) is 8.85. The Morgan fingerprint density at radius 1 is 1.82 bits per heavy atom. The predicted octanol–water partition coefficient (Wildman–Crippen LogP) is 1.97. The van der Waals surface area contributed by atoms with Gasteiger partial charge in [-0.05, 0) is 14.0 Å². The first-order valence-electron chi connectivity index (χ1n) is 3.48. The summed E-state index contributed by atoms with van der Waals surface area (Å²) in [6.07, 6.45) is 0.528. The molecule has 0 saturated heterocycles. The average Bonchev–Trinajstić information content (AvgIpc) is 1.86. The minimum absolute atomic E-state index is 0.246. The van der Waals surface area contributed by atoms with Crippen molar-refractivity contribution in [3.63, 3.8) is 0 Å². The van der Waals surface area contributed by atoms with Crippen molar-refractivity contribution >= 4 is 11.6 Å². The van der Waals surface area contributed by atoms with Gasteiger partial charge in [-0.3, -0.25) is 4.90 Å². The van der Waals surface area contributed by atoms with Crippen LogP contribution in [0.2, 0.25) is 0 Å². The van der Waals surface area contributed by atoms with Crippen LogP contribution in [0.4, 0.5) is 0 Å². The van der Waals surface area contributed by atoms with Gasteiger partial charge in [-0.2, -0.15) is 5.26 Å². The number of hydrogen-bond donors (Lipinski definition) is 0. The Balaban J connectivity index is 3.74. The molecule has 0 aliphatic carbocycles. The highest BCUT2D eigenvalue weighted by atomic mass is 35.5. The van der Waals surface area contributed by atoms with Crippen LogP contribution in [0.25, 0.3) is 0 Å². The van der Waals surface area contributed by atoms with Crippen LogP contribution in [0.5, 0.6) is 0 Å². The Morgan fingerprint density at radius 3 is 2.73 bits per heavy atom. The maximum atomic E-state index is 8.39. The minimum Gasteiger partial charge on any atom is -0.298 e. The van der Waals surface area contributed by atoms with Crippen LogP contribution < -0.4 is 0 Å². The Kier molecular flexibility index (Phi) is 4.93. The Morgan fingerprint density at radius 2 is 2.36 bits per heavy atom. The van der Waals surface area contributed by atoms with Gasteiger partial charge in [0.25, 0.3) is 0 Å². The molecule has 0 radical (unpaired) electrons. The third kappa shape index (κ3) is 4.83. The van der Waals surface area contributed by atoms with Crippen LogP contribution in [0.3, 0.4) is 0 Å². The highest BCUT2D eigenvalue weighted by Crippen LogP contribution is 2.05. The third-order valence-electron chi connectivity index (χ3n) is 1.56. The maximum absolute atomic E-state index is 8.39. The average molecular weight is 173 g/mol. The summed E-state index contributed by atoms with van der Waals surface area (Å²) in [5.74, 6) is 0. The van der Waals surface area contributed by atoms with E-state index in [4.69, 9.17) is 16.9 Å². The lowest BCUT2D eigenvalue weighted by atomic mass is 10.2. The van der Waals surface area contributed by atoms with E-state index in [0.717, 1.165) is 0 Å². The van der Waals surface area contributed by atoms with Gasteiger partial charge in [0.1, 0.15) is 0 Å². The summed E-state index contributed by atoms with van der Waals surface area (Å²) >= 11 is 5.60. The van der Waals surface area contributed by atoms with Gasteiger partial charge in [-0.15, -0.1) is 0 Å². The second-order valence-electron chi connectivity index (χ2n) is 2.64. The number of likely N-dealkylation sites (N-methyl/N-ethyl adjacent to an activating group) is 1. The summed E-state index contributed by atoms with van der Waals surface area (Å²) in [7, 11) is 1.93. The first-order chi connectivity index (χ1) is 5.07. The van der Waals surface area contributed by atoms with Crippen molar-refractivity contribution in [1.29, 1.82) is 5.26 Å². The molecule has 0 fully saturated rings. The minimum atomic E-state index is 0.246. The number of rotatable bonds is 4. The van der Waals surface area contributed by atoms with Crippen molar-refractivity contribution in [2.45, 2.75) is 19.4 Å². The summed E-state index contributed by atoms with van der Waals surface area (Å²) < 4.78 is 0. The molecule has 0 rings (SSSR count). The molecule has 0 amide bonds. The summed E-state index contributed by atoms with van der Waals surface area (Å²) in [4.78, 5) is 2.00. The maximum Gasteiger partial charge on any atom is 0.0638 e. The van der Waals surface area contributed by atoms with Gasteiger partial charge in [0.15, 0.2) is 0 Å². The molecule has 1 atom stereocenters. The molecule has 3 heteroatoms. The second kappa shape index (κ2) is 5.17. The van der Waals surface area contributed by atoms with E-state index in [1.165, 1.54) is 0 Å². The molecule has 0 saturated carbocycles. The van der Waals surface area contributed by atoms with Crippen LogP contribution >= 0.6 is 11.6 Å². The molecule has 11 heavy (non-hydrogen) atoms. The molecular formula is C8H13ClN2. The van der Waals surface area contributed by atoms with Gasteiger partial charge < -0.3 is 0 Å². The lowest BCUT2D eigenvalue weighted by Gasteiger charge is -2.21. The molecule has 62 valence electrons. The molecule has 0 spiro atoms. The van der Waals surface area contributed by atoms with E-state index in [9.17, 15) is 0 Å². The number of halogens is 1. The Bertz CT molecular complexity index is 171. The zero-order valence-corrected chi connectivity index (χ0v) is 7.73. The first kappa shape index (κ1) is 10.5. The zero-order valence-electron chi connectivity index (χ0n) is 6.97. The molecule has 0 aromatic rings. The normalized spacial score (nSPS) is 12.6. The van der Waals surface area contributed by atoms with Crippen molar-refractivity contribution < 1.29 is 0 Å². The molecule has 0 aromatic heterocycles. The van der Waals surface area contributed by atoms with Crippen molar-refractivity contribution in [2.75, 3.05) is 13.6 Å². The van der Waals surface area contributed by atoms with E-state index in [0.29, 0.717) is 18.0 Å². The SMILES string of the molecule is C=C(Cl)CN(C)C(C)CC#N. The van der Waals surface area contributed by atoms with Gasteiger partial charge >= 0.3 is 0 Å². The summed E-state index contributed by atoms with van der Waals surface area (Å²) in [6, 6.07) is 2.35. The molecule has 0 heterocycles. The molecular weight excluding hydrogens is 160 g/mol. The van der Waals surface area contributed by atoms with Crippen LogP contribution in [0.1, 0.15) is 13.3 Å². The van der Waals surface area contributed by atoms with Crippen molar-refractivity contribution in [2.24, 2.45) is 0 Å². The molecule has 2 nitrogen and oxygen atoms in total. The summed E-state index contributed by atoms with van der Waals surface area (Å²) in [5, 5.41) is 9.00.